The Morgan fingerprint density at radius 3 is 2.69 bits per heavy atom. The van der Waals surface area contributed by atoms with Crippen LogP contribution in [0, 0.1) is 0 Å². The average molecular weight is 178 g/mol. The van der Waals surface area contributed by atoms with Gasteiger partial charge in [-0.15, -0.1) is 0 Å². The maximum Gasteiger partial charge on any atom is 0.328 e. The predicted molar refractivity (Wildman–Crippen MR) is 48.7 cm³/mol. The SMILES string of the molecule is O=C(O)C=CCOc1ccccc1. The van der Waals surface area contributed by atoms with Gasteiger partial charge < -0.3 is 9.84 Å². The summed E-state index contributed by atoms with van der Waals surface area (Å²) >= 11 is 0. The molecule has 3 nitrogen and oxygen atoms in total. The molecule has 3 heteroatoms. The van der Waals surface area contributed by atoms with E-state index in [1.807, 2.05) is 30.3 Å². The number of rotatable bonds is 4. The Balaban J connectivity index is 2.32. The summed E-state index contributed by atoms with van der Waals surface area (Å²) in [5.74, 6) is -0.228. The third-order valence-corrected chi connectivity index (χ3v) is 1.35. The summed E-state index contributed by atoms with van der Waals surface area (Å²) in [7, 11) is 0. The zero-order chi connectivity index (χ0) is 9.52. The lowest BCUT2D eigenvalue weighted by molar-refractivity contribution is -0.131. The number of hydrogen-bond acceptors (Lipinski definition) is 2. The summed E-state index contributed by atoms with van der Waals surface area (Å²) in [5, 5.41) is 8.27. The minimum absolute atomic E-state index is 0.274. The number of aliphatic carboxylic acids is 1. The second kappa shape index (κ2) is 4.98. The Labute approximate surface area is 76.3 Å². The molecule has 0 aliphatic rings. The lowest BCUT2D eigenvalue weighted by Gasteiger charge is -2.00. The fraction of sp³-hybridized carbons (Fsp3) is 0.100. The summed E-state index contributed by atoms with van der Waals surface area (Å²) in [6.45, 7) is 0.274. The smallest absolute Gasteiger partial charge is 0.328 e. The second-order valence-electron chi connectivity index (χ2n) is 2.36. The lowest BCUT2D eigenvalue weighted by atomic mass is 10.3. The molecular formula is C10H10O3. The minimum atomic E-state index is -0.961. The first kappa shape index (κ1) is 9.32. The number of hydrogen-bond donors (Lipinski definition) is 1. The molecular weight excluding hydrogens is 168 g/mol. The molecule has 0 spiro atoms. The van der Waals surface area contributed by atoms with Gasteiger partial charge in [0.2, 0.25) is 0 Å². The van der Waals surface area contributed by atoms with Gasteiger partial charge in [0.05, 0.1) is 0 Å². The van der Waals surface area contributed by atoms with Gasteiger partial charge in [0.1, 0.15) is 12.4 Å². The minimum Gasteiger partial charge on any atom is -0.490 e. The molecule has 0 bridgehead atoms. The van der Waals surface area contributed by atoms with E-state index in [9.17, 15) is 4.79 Å². The molecule has 0 saturated heterocycles. The average Bonchev–Trinajstić information content (AvgIpc) is 2.14. The summed E-state index contributed by atoms with van der Waals surface area (Å²) in [5.41, 5.74) is 0. The summed E-state index contributed by atoms with van der Waals surface area (Å²) in [4.78, 5) is 10.1. The molecule has 0 radical (unpaired) electrons. The monoisotopic (exact) mass is 178 g/mol. The first-order valence-corrected chi connectivity index (χ1v) is 3.86. The highest BCUT2D eigenvalue weighted by atomic mass is 16.5. The third-order valence-electron chi connectivity index (χ3n) is 1.35. The molecule has 0 fully saturated rings. The second-order valence-corrected chi connectivity index (χ2v) is 2.36. The van der Waals surface area contributed by atoms with Gasteiger partial charge in [-0.25, -0.2) is 4.79 Å². The van der Waals surface area contributed by atoms with Crippen molar-refractivity contribution in [1.29, 1.82) is 0 Å². The van der Waals surface area contributed by atoms with E-state index in [2.05, 4.69) is 0 Å². The van der Waals surface area contributed by atoms with Crippen LogP contribution >= 0.6 is 0 Å². The van der Waals surface area contributed by atoms with Crippen molar-refractivity contribution in [2.24, 2.45) is 0 Å². The van der Waals surface area contributed by atoms with Crippen molar-refractivity contribution in [3.8, 4) is 5.75 Å². The number of para-hydroxylation sites is 1. The maximum atomic E-state index is 10.1. The molecule has 0 unspecified atom stereocenters. The Morgan fingerprint density at radius 2 is 2.08 bits per heavy atom. The highest BCUT2D eigenvalue weighted by Gasteiger charge is 1.88. The van der Waals surface area contributed by atoms with E-state index in [1.165, 1.54) is 6.08 Å². The standard InChI is InChI=1S/C10H10O3/c11-10(12)7-4-8-13-9-5-2-1-3-6-9/h1-7H,8H2,(H,11,12). The molecule has 1 N–H and O–H groups in total. The highest BCUT2D eigenvalue weighted by molar-refractivity contribution is 5.79. The molecule has 0 amide bonds. The van der Waals surface area contributed by atoms with E-state index in [0.717, 1.165) is 11.8 Å². The molecule has 68 valence electrons. The molecule has 0 saturated carbocycles. The number of carboxylic acids is 1. The van der Waals surface area contributed by atoms with Crippen LogP contribution in [0.1, 0.15) is 0 Å². The van der Waals surface area contributed by atoms with Crippen LogP contribution in [0.15, 0.2) is 42.5 Å². The van der Waals surface area contributed by atoms with Gasteiger partial charge in [-0.05, 0) is 18.2 Å². The summed E-state index contributed by atoms with van der Waals surface area (Å²) < 4.78 is 5.21. The summed E-state index contributed by atoms with van der Waals surface area (Å²) in [6.07, 6.45) is 2.51. The number of carboxylic acid groups (broad SMARTS) is 1. The molecule has 1 rings (SSSR count). The molecule has 0 heterocycles. The Kier molecular flexibility index (Phi) is 3.57. The van der Waals surface area contributed by atoms with E-state index in [4.69, 9.17) is 9.84 Å². The van der Waals surface area contributed by atoms with Gasteiger partial charge in [0.25, 0.3) is 0 Å². The van der Waals surface area contributed by atoms with Gasteiger partial charge in [-0.2, -0.15) is 0 Å². The van der Waals surface area contributed by atoms with E-state index in [-0.39, 0.29) is 6.61 Å². The highest BCUT2D eigenvalue weighted by Crippen LogP contribution is 2.07. The quantitative estimate of drug-likeness (QED) is 0.714. The van der Waals surface area contributed by atoms with Crippen molar-refractivity contribution < 1.29 is 14.6 Å². The maximum absolute atomic E-state index is 10.1. The zero-order valence-corrected chi connectivity index (χ0v) is 7.01. The van der Waals surface area contributed by atoms with Crippen LogP contribution in [0.2, 0.25) is 0 Å². The number of carbonyl (C=O) groups is 1. The van der Waals surface area contributed by atoms with E-state index < -0.39 is 5.97 Å². The van der Waals surface area contributed by atoms with Crippen molar-refractivity contribution in [1.82, 2.24) is 0 Å². The molecule has 0 atom stereocenters. The van der Waals surface area contributed by atoms with Crippen LogP contribution in [-0.4, -0.2) is 17.7 Å². The molecule has 13 heavy (non-hydrogen) atoms. The van der Waals surface area contributed by atoms with Crippen LogP contribution < -0.4 is 4.74 Å². The predicted octanol–water partition coefficient (Wildman–Crippen LogP) is 1.71. The van der Waals surface area contributed by atoms with Crippen LogP contribution in [-0.2, 0) is 4.79 Å². The number of benzene rings is 1. The van der Waals surface area contributed by atoms with Crippen molar-refractivity contribution in [3.05, 3.63) is 42.5 Å². The van der Waals surface area contributed by atoms with Gasteiger partial charge in [0, 0.05) is 6.08 Å². The van der Waals surface area contributed by atoms with E-state index in [1.54, 1.807) is 0 Å². The lowest BCUT2D eigenvalue weighted by Crippen LogP contribution is -1.94. The van der Waals surface area contributed by atoms with Gasteiger partial charge >= 0.3 is 5.97 Å². The molecule has 1 aromatic carbocycles. The van der Waals surface area contributed by atoms with E-state index >= 15 is 0 Å². The summed E-state index contributed by atoms with van der Waals surface area (Å²) in [6, 6.07) is 9.23. The fourth-order valence-corrected chi connectivity index (χ4v) is 0.810. The van der Waals surface area contributed by atoms with Crippen LogP contribution in [0.4, 0.5) is 0 Å². The Morgan fingerprint density at radius 1 is 1.38 bits per heavy atom. The third kappa shape index (κ3) is 3.96. The first-order valence-electron chi connectivity index (χ1n) is 3.86. The molecule has 0 aliphatic carbocycles. The molecule has 0 aliphatic heterocycles. The van der Waals surface area contributed by atoms with Crippen molar-refractivity contribution >= 4 is 5.97 Å². The largest absolute Gasteiger partial charge is 0.490 e. The van der Waals surface area contributed by atoms with Crippen LogP contribution in [0.5, 0.6) is 5.75 Å². The Hall–Kier alpha value is -1.77. The van der Waals surface area contributed by atoms with Crippen LogP contribution in [0.3, 0.4) is 0 Å². The first-order chi connectivity index (χ1) is 6.29. The Bertz CT molecular complexity index is 290. The number of ether oxygens (including phenoxy) is 1. The zero-order valence-electron chi connectivity index (χ0n) is 7.01. The van der Waals surface area contributed by atoms with Crippen molar-refractivity contribution in [3.63, 3.8) is 0 Å². The topological polar surface area (TPSA) is 46.5 Å². The van der Waals surface area contributed by atoms with E-state index in [0.29, 0.717) is 0 Å². The molecule has 0 aromatic heterocycles. The molecule has 1 aromatic rings. The van der Waals surface area contributed by atoms with Crippen molar-refractivity contribution in [2.45, 2.75) is 0 Å². The normalized spacial score (nSPS) is 10.2. The van der Waals surface area contributed by atoms with Gasteiger partial charge in [-0.3, -0.25) is 0 Å². The van der Waals surface area contributed by atoms with Crippen molar-refractivity contribution in [2.75, 3.05) is 6.61 Å². The van der Waals surface area contributed by atoms with Crippen LogP contribution in [0.25, 0.3) is 0 Å². The van der Waals surface area contributed by atoms with Gasteiger partial charge in [0.15, 0.2) is 0 Å². The fourth-order valence-electron chi connectivity index (χ4n) is 0.810. The van der Waals surface area contributed by atoms with Gasteiger partial charge in [-0.1, -0.05) is 18.2 Å².